The summed E-state index contributed by atoms with van der Waals surface area (Å²) in [6.07, 6.45) is -1.08. The maximum atomic E-state index is 12.2. The van der Waals surface area contributed by atoms with E-state index in [0.29, 0.717) is 16.8 Å². The fourth-order valence-electron chi connectivity index (χ4n) is 2.22. The van der Waals surface area contributed by atoms with Crippen molar-refractivity contribution in [1.82, 2.24) is 5.32 Å². The molecule has 0 aliphatic carbocycles. The Kier molecular flexibility index (Phi) is 6.86. The molecule has 2 rings (SSSR count). The van der Waals surface area contributed by atoms with Gasteiger partial charge in [0, 0.05) is 16.8 Å². The molecule has 0 fully saturated rings. The van der Waals surface area contributed by atoms with Crippen molar-refractivity contribution in [2.45, 2.75) is 26.0 Å². The predicted octanol–water partition coefficient (Wildman–Crippen LogP) is 1.47. The van der Waals surface area contributed by atoms with E-state index in [0.717, 1.165) is 0 Å². The largest absolute Gasteiger partial charge is 0.451 e. The molecule has 0 bridgehead atoms. The number of carbonyl (C=O) groups is 4. The highest BCUT2D eigenvalue weighted by molar-refractivity contribution is 5.98. The van der Waals surface area contributed by atoms with Gasteiger partial charge in [-0.1, -0.05) is 18.2 Å². The lowest BCUT2D eigenvalue weighted by molar-refractivity contribution is -0.154. The number of nitrogens with two attached hydrogens (primary N) is 1. The molecular formula is C20H21N3O5. The van der Waals surface area contributed by atoms with Crippen molar-refractivity contribution < 1.29 is 23.9 Å². The molecule has 28 heavy (non-hydrogen) atoms. The minimum atomic E-state index is -1.08. The molecule has 0 spiro atoms. The van der Waals surface area contributed by atoms with Gasteiger partial charge in [-0.05, 0) is 50.2 Å². The average Bonchev–Trinajstić information content (AvgIpc) is 2.68. The molecule has 0 saturated heterocycles. The van der Waals surface area contributed by atoms with E-state index in [4.69, 9.17) is 10.5 Å². The van der Waals surface area contributed by atoms with Crippen LogP contribution in [0.4, 0.5) is 5.69 Å². The lowest BCUT2D eigenvalue weighted by atomic mass is 10.2. The lowest BCUT2D eigenvalue weighted by Gasteiger charge is -2.17. The van der Waals surface area contributed by atoms with Crippen molar-refractivity contribution >= 4 is 29.4 Å². The Hall–Kier alpha value is -3.68. The van der Waals surface area contributed by atoms with Crippen LogP contribution in [0.25, 0.3) is 0 Å². The summed E-state index contributed by atoms with van der Waals surface area (Å²) in [5.74, 6) is -2.29. The molecule has 2 aromatic carbocycles. The normalized spacial score (nSPS) is 12.4. The first-order chi connectivity index (χ1) is 13.3. The van der Waals surface area contributed by atoms with Crippen LogP contribution in [0.15, 0.2) is 54.6 Å². The van der Waals surface area contributed by atoms with Crippen molar-refractivity contribution in [3.05, 3.63) is 65.7 Å². The molecule has 0 aliphatic heterocycles. The highest BCUT2D eigenvalue weighted by Gasteiger charge is 2.23. The molecule has 3 amide bonds. The van der Waals surface area contributed by atoms with E-state index in [1.165, 1.54) is 38.1 Å². The molecule has 2 atom stereocenters. The first kappa shape index (κ1) is 20.6. The van der Waals surface area contributed by atoms with Gasteiger partial charge in [0.15, 0.2) is 6.10 Å². The summed E-state index contributed by atoms with van der Waals surface area (Å²) in [5.41, 5.74) is 6.29. The summed E-state index contributed by atoms with van der Waals surface area (Å²) in [6, 6.07) is 13.4. The van der Waals surface area contributed by atoms with Gasteiger partial charge in [0.2, 0.25) is 5.91 Å². The summed E-state index contributed by atoms with van der Waals surface area (Å²) < 4.78 is 5.11. The SMILES string of the molecule is C[C@H](NC(=O)c1ccccc1)C(=O)O[C@@H](C)C(=O)Nc1ccc(C(N)=O)cc1. The van der Waals surface area contributed by atoms with Crippen LogP contribution in [0.2, 0.25) is 0 Å². The summed E-state index contributed by atoms with van der Waals surface area (Å²) >= 11 is 0. The van der Waals surface area contributed by atoms with Crippen molar-refractivity contribution in [1.29, 1.82) is 0 Å². The zero-order chi connectivity index (χ0) is 20.7. The van der Waals surface area contributed by atoms with Crippen LogP contribution in [0.1, 0.15) is 34.6 Å². The Balaban J connectivity index is 1.87. The van der Waals surface area contributed by atoms with Gasteiger partial charge in [-0.2, -0.15) is 0 Å². The van der Waals surface area contributed by atoms with Crippen molar-refractivity contribution in [3.8, 4) is 0 Å². The number of rotatable bonds is 7. The number of nitrogens with one attached hydrogen (secondary N) is 2. The van der Waals surface area contributed by atoms with Gasteiger partial charge in [-0.25, -0.2) is 4.79 Å². The molecule has 0 aliphatic rings. The third kappa shape index (κ3) is 5.66. The molecule has 8 heteroatoms. The molecular weight excluding hydrogens is 362 g/mol. The molecule has 4 N–H and O–H groups in total. The minimum Gasteiger partial charge on any atom is -0.451 e. The van der Waals surface area contributed by atoms with Crippen molar-refractivity contribution in [2.24, 2.45) is 5.73 Å². The maximum absolute atomic E-state index is 12.2. The van der Waals surface area contributed by atoms with E-state index in [1.807, 2.05) is 0 Å². The summed E-state index contributed by atoms with van der Waals surface area (Å²) in [4.78, 5) is 47.4. The number of esters is 1. The number of anilines is 1. The molecule has 146 valence electrons. The molecule has 0 saturated carbocycles. The van der Waals surface area contributed by atoms with Crippen LogP contribution in [-0.2, 0) is 14.3 Å². The van der Waals surface area contributed by atoms with Gasteiger partial charge in [0.25, 0.3) is 11.8 Å². The topological polar surface area (TPSA) is 128 Å². The van der Waals surface area contributed by atoms with Gasteiger partial charge in [-0.3, -0.25) is 14.4 Å². The van der Waals surface area contributed by atoms with E-state index in [9.17, 15) is 19.2 Å². The van der Waals surface area contributed by atoms with E-state index < -0.39 is 35.8 Å². The van der Waals surface area contributed by atoms with Gasteiger partial charge in [0.05, 0.1) is 0 Å². The van der Waals surface area contributed by atoms with Crippen LogP contribution >= 0.6 is 0 Å². The molecule has 0 aromatic heterocycles. The van der Waals surface area contributed by atoms with Crippen LogP contribution in [0, 0.1) is 0 Å². The van der Waals surface area contributed by atoms with Gasteiger partial charge in [0.1, 0.15) is 6.04 Å². The first-order valence-corrected chi connectivity index (χ1v) is 8.55. The average molecular weight is 383 g/mol. The van der Waals surface area contributed by atoms with Crippen LogP contribution in [0.5, 0.6) is 0 Å². The fourth-order valence-corrected chi connectivity index (χ4v) is 2.22. The number of hydrogen-bond donors (Lipinski definition) is 3. The molecule has 0 radical (unpaired) electrons. The molecule has 2 aromatic rings. The van der Waals surface area contributed by atoms with E-state index in [1.54, 1.807) is 30.3 Å². The molecule has 8 nitrogen and oxygen atoms in total. The van der Waals surface area contributed by atoms with Crippen molar-refractivity contribution in [3.63, 3.8) is 0 Å². The number of carbonyl (C=O) groups excluding carboxylic acids is 4. The maximum Gasteiger partial charge on any atom is 0.329 e. The third-order valence-electron chi connectivity index (χ3n) is 3.84. The highest BCUT2D eigenvalue weighted by Crippen LogP contribution is 2.10. The van der Waals surface area contributed by atoms with Crippen LogP contribution < -0.4 is 16.4 Å². The monoisotopic (exact) mass is 383 g/mol. The smallest absolute Gasteiger partial charge is 0.329 e. The summed E-state index contributed by atoms with van der Waals surface area (Å²) in [7, 11) is 0. The molecule has 0 unspecified atom stereocenters. The van der Waals surface area contributed by atoms with E-state index in [2.05, 4.69) is 10.6 Å². The number of benzene rings is 2. The third-order valence-corrected chi connectivity index (χ3v) is 3.84. The Bertz CT molecular complexity index is 865. The van der Waals surface area contributed by atoms with E-state index in [-0.39, 0.29) is 0 Å². The number of hydrogen-bond acceptors (Lipinski definition) is 5. The number of amides is 3. The number of primary amides is 1. The van der Waals surface area contributed by atoms with Crippen LogP contribution in [0.3, 0.4) is 0 Å². The van der Waals surface area contributed by atoms with Crippen LogP contribution in [-0.4, -0.2) is 35.8 Å². The van der Waals surface area contributed by atoms with Gasteiger partial charge >= 0.3 is 5.97 Å². The predicted molar refractivity (Wildman–Crippen MR) is 103 cm³/mol. The second-order valence-corrected chi connectivity index (χ2v) is 6.07. The Morgan fingerprint density at radius 3 is 2.07 bits per heavy atom. The number of ether oxygens (including phenoxy) is 1. The Labute approximate surface area is 162 Å². The minimum absolute atomic E-state index is 0.306. The fraction of sp³-hybridized carbons (Fsp3) is 0.200. The zero-order valence-corrected chi connectivity index (χ0v) is 15.5. The summed E-state index contributed by atoms with van der Waals surface area (Å²) in [6.45, 7) is 2.88. The summed E-state index contributed by atoms with van der Waals surface area (Å²) in [5, 5.41) is 5.08. The highest BCUT2D eigenvalue weighted by atomic mass is 16.5. The lowest BCUT2D eigenvalue weighted by Crippen LogP contribution is -2.42. The Morgan fingerprint density at radius 1 is 0.893 bits per heavy atom. The zero-order valence-electron chi connectivity index (χ0n) is 15.5. The first-order valence-electron chi connectivity index (χ1n) is 8.55. The van der Waals surface area contributed by atoms with Gasteiger partial charge < -0.3 is 21.1 Å². The second-order valence-electron chi connectivity index (χ2n) is 6.07. The molecule has 0 heterocycles. The van der Waals surface area contributed by atoms with Crippen molar-refractivity contribution in [2.75, 3.05) is 5.32 Å². The van der Waals surface area contributed by atoms with E-state index >= 15 is 0 Å². The quantitative estimate of drug-likeness (QED) is 0.624. The standard InChI is InChI=1S/C20H21N3O5/c1-12(22-19(26)15-6-4-3-5-7-15)20(27)28-13(2)18(25)23-16-10-8-14(9-11-16)17(21)24/h3-13H,1-2H3,(H2,21,24)(H,22,26)(H,23,25)/t12-,13-/m0/s1. The Morgan fingerprint density at radius 2 is 1.50 bits per heavy atom. The van der Waals surface area contributed by atoms with Gasteiger partial charge in [-0.15, -0.1) is 0 Å². The second kappa shape index (κ2) is 9.31.